The second-order valence-electron chi connectivity index (χ2n) is 5.35. The number of nitrogens with zero attached hydrogens (tertiary/aromatic N) is 2. The fourth-order valence-corrected chi connectivity index (χ4v) is 2.88. The lowest BCUT2D eigenvalue weighted by Crippen LogP contribution is -1.95. The molecule has 3 aromatic rings. The van der Waals surface area contributed by atoms with E-state index >= 15 is 0 Å². The molecule has 0 aliphatic heterocycles. The van der Waals surface area contributed by atoms with Crippen LogP contribution in [0.4, 0.5) is 0 Å². The van der Waals surface area contributed by atoms with Crippen LogP contribution in [0.25, 0.3) is 22.3 Å². The molecule has 2 heteroatoms. The fraction of sp³-hybridized carbons (Fsp3) is 0.200. The van der Waals surface area contributed by atoms with Crippen LogP contribution in [-0.2, 0) is 12.8 Å². The highest BCUT2D eigenvalue weighted by Gasteiger charge is 2.11. The van der Waals surface area contributed by atoms with E-state index in [1.54, 1.807) is 0 Å². The normalized spacial score (nSPS) is 10.6. The van der Waals surface area contributed by atoms with Crippen LogP contribution in [0.2, 0.25) is 0 Å². The maximum atomic E-state index is 4.13. The number of aromatic nitrogens is 2. The number of hydrogen-bond donors (Lipinski definition) is 0. The molecular weight excluding hydrogens is 268 g/mol. The van der Waals surface area contributed by atoms with Crippen molar-refractivity contribution in [2.45, 2.75) is 26.7 Å². The average Bonchev–Trinajstić information content (AvgIpc) is 2.62. The maximum absolute atomic E-state index is 4.13. The van der Waals surface area contributed by atoms with Crippen LogP contribution in [0, 0.1) is 0 Å². The van der Waals surface area contributed by atoms with Crippen molar-refractivity contribution < 1.29 is 0 Å². The van der Waals surface area contributed by atoms with Crippen LogP contribution in [0.15, 0.2) is 61.2 Å². The Balaban J connectivity index is 2.22. The van der Waals surface area contributed by atoms with Gasteiger partial charge in [0, 0.05) is 24.8 Å². The first-order valence-electron chi connectivity index (χ1n) is 7.80. The zero-order chi connectivity index (χ0) is 15.4. The van der Waals surface area contributed by atoms with E-state index in [9.17, 15) is 0 Å². The van der Waals surface area contributed by atoms with Crippen molar-refractivity contribution in [3.05, 3.63) is 72.3 Å². The lowest BCUT2D eigenvalue weighted by atomic mass is 9.89. The molecule has 0 unspecified atom stereocenters. The van der Waals surface area contributed by atoms with E-state index in [1.165, 1.54) is 33.4 Å². The third kappa shape index (κ3) is 2.77. The van der Waals surface area contributed by atoms with Gasteiger partial charge in [0.05, 0.1) is 0 Å². The van der Waals surface area contributed by atoms with Gasteiger partial charge < -0.3 is 0 Å². The van der Waals surface area contributed by atoms with E-state index in [-0.39, 0.29) is 0 Å². The monoisotopic (exact) mass is 288 g/mol. The van der Waals surface area contributed by atoms with Crippen LogP contribution in [0.1, 0.15) is 25.0 Å². The van der Waals surface area contributed by atoms with E-state index in [4.69, 9.17) is 0 Å². The summed E-state index contributed by atoms with van der Waals surface area (Å²) in [5.74, 6) is 0. The number of pyridine rings is 2. The van der Waals surface area contributed by atoms with E-state index in [2.05, 4.69) is 60.2 Å². The third-order valence-corrected chi connectivity index (χ3v) is 4.07. The second-order valence-corrected chi connectivity index (χ2v) is 5.35. The summed E-state index contributed by atoms with van der Waals surface area (Å²) in [5.41, 5.74) is 7.83. The minimum absolute atomic E-state index is 1.03. The molecule has 2 aromatic heterocycles. The predicted octanol–water partition coefficient (Wildman–Crippen LogP) is 4.94. The SMILES string of the molecule is CCc1cc(CC)c(-c2ccncc2)cc1-c1ccncc1. The maximum Gasteiger partial charge on any atom is 0.0273 e. The zero-order valence-corrected chi connectivity index (χ0v) is 13.1. The van der Waals surface area contributed by atoms with Crippen molar-refractivity contribution in [3.8, 4) is 22.3 Å². The van der Waals surface area contributed by atoms with Gasteiger partial charge in [-0.25, -0.2) is 0 Å². The Bertz CT molecular complexity index is 687. The molecule has 0 saturated heterocycles. The van der Waals surface area contributed by atoms with Gasteiger partial charge in [0.15, 0.2) is 0 Å². The van der Waals surface area contributed by atoms with Gasteiger partial charge in [-0.05, 0) is 76.6 Å². The molecule has 0 spiro atoms. The highest BCUT2D eigenvalue weighted by Crippen LogP contribution is 2.33. The predicted molar refractivity (Wildman–Crippen MR) is 91.7 cm³/mol. The molecule has 3 rings (SSSR count). The van der Waals surface area contributed by atoms with Crippen LogP contribution < -0.4 is 0 Å². The van der Waals surface area contributed by atoms with Crippen molar-refractivity contribution in [1.82, 2.24) is 9.97 Å². The molecule has 0 atom stereocenters. The minimum atomic E-state index is 1.03. The Hall–Kier alpha value is -2.48. The molecule has 0 fully saturated rings. The summed E-state index contributed by atoms with van der Waals surface area (Å²) in [5, 5.41) is 0. The summed E-state index contributed by atoms with van der Waals surface area (Å²) in [6.45, 7) is 4.43. The first-order chi connectivity index (χ1) is 10.8. The van der Waals surface area contributed by atoms with Gasteiger partial charge in [-0.2, -0.15) is 0 Å². The van der Waals surface area contributed by atoms with Crippen LogP contribution in [0.5, 0.6) is 0 Å². The smallest absolute Gasteiger partial charge is 0.0273 e. The number of hydrogen-bond acceptors (Lipinski definition) is 2. The Morgan fingerprint density at radius 2 is 1.05 bits per heavy atom. The van der Waals surface area contributed by atoms with Gasteiger partial charge in [-0.3, -0.25) is 9.97 Å². The van der Waals surface area contributed by atoms with Gasteiger partial charge >= 0.3 is 0 Å². The highest BCUT2D eigenvalue weighted by atomic mass is 14.6. The first kappa shape index (κ1) is 14.5. The topological polar surface area (TPSA) is 25.8 Å². The summed E-state index contributed by atoms with van der Waals surface area (Å²) in [6.07, 6.45) is 9.48. The zero-order valence-electron chi connectivity index (χ0n) is 13.1. The van der Waals surface area contributed by atoms with E-state index < -0.39 is 0 Å². The fourth-order valence-electron chi connectivity index (χ4n) is 2.88. The molecule has 0 N–H and O–H groups in total. The molecule has 0 amide bonds. The largest absolute Gasteiger partial charge is 0.265 e. The summed E-state index contributed by atoms with van der Waals surface area (Å²) >= 11 is 0. The highest BCUT2D eigenvalue weighted by molar-refractivity contribution is 5.77. The minimum Gasteiger partial charge on any atom is -0.265 e. The molecule has 110 valence electrons. The Labute approximate surface area is 131 Å². The van der Waals surface area contributed by atoms with Crippen molar-refractivity contribution in [2.75, 3.05) is 0 Å². The Morgan fingerprint density at radius 1 is 0.636 bits per heavy atom. The van der Waals surface area contributed by atoms with E-state index in [1.807, 2.05) is 24.8 Å². The van der Waals surface area contributed by atoms with E-state index in [0.29, 0.717) is 0 Å². The quantitative estimate of drug-likeness (QED) is 0.680. The van der Waals surface area contributed by atoms with Gasteiger partial charge in [0.1, 0.15) is 0 Å². The molecule has 0 radical (unpaired) electrons. The second kappa shape index (κ2) is 6.52. The first-order valence-corrected chi connectivity index (χ1v) is 7.80. The summed E-state index contributed by atoms with van der Waals surface area (Å²) in [4.78, 5) is 8.26. The third-order valence-electron chi connectivity index (χ3n) is 4.07. The van der Waals surface area contributed by atoms with Crippen LogP contribution in [-0.4, -0.2) is 9.97 Å². The summed E-state index contributed by atoms with van der Waals surface area (Å²) in [7, 11) is 0. The lowest BCUT2D eigenvalue weighted by Gasteiger charge is -2.15. The Morgan fingerprint density at radius 3 is 1.41 bits per heavy atom. The van der Waals surface area contributed by atoms with Crippen LogP contribution >= 0.6 is 0 Å². The lowest BCUT2D eigenvalue weighted by molar-refractivity contribution is 1.09. The van der Waals surface area contributed by atoms with Gasteiger partial charge in [0.2, 0.25) is 0 Å². The molecule has 0 aliphatic rings. The molecule has 0 bridgehead atoms. The molecule has 1 aromatic carbocycles. The van der Waals surface area contributed by atoms with Crippen molar-refractivity contribution in [1.29, 1.82) is 0 Å². The van der Waals surface area contributed by atoms with Gasteiger partial charge in [-0.1, -0.05) is 19.9 Å². The van der Waals surface area contributed by atoms with Gasteiger partial charge in [0.25, 0.3) is 0 Å². The molecule has 0 aliphatic carbocycles. The Kier molecular flexibility index (Phi) is 4.29. The van der Waals surface area contributed by atoms with E-state index in [0.717, 1.165) is 12.8 Å². The molecular formula is C20H20N2. The summed E-state index contributed by atoms with van der Waals surface area (Å²) in [6, 6.07) is 13.0. The summed E-state index contributed by atoms with van der Waals surface area (Å²) < 4.78 is 0. The van der Waals surface area contributed by atoms with Crippen molar-refractivity contribution in [2.24, 2.45) is 0 Å². The number of aryl methyl sites for hydroxylation is 2. The number of rotatable bonds is 4. The molecule has 2 heterocycles. The van der Waals surface area contributed by atoms with Crippen molar-refractivity contribution in [3.63, 3.8) is 0 Å². The molecule has 0 saturated carbocycles. The standard InChI is InChI=1S/C20H20N2/c1-3-15-13-16(4-2)20(18-7-11-22-12-8-18)14-19(15)17-5-9-21-10-6-17/h5-14H,3-4H2,1-2H3. The average molecular weight is 288 g/mol. The molecule has 2 nitrogen and oxygen atoms in total. The molecule has 22 heavy (non-hydrogen) atoms. The van der Waals surface area contributed by atoms with Crippen LogP contribution in [0.3, 0.4) is 0 Å². The van der Waals surface area contributed by atoms with Crippen molar-refractivity contribution >= 4 is 0 Å². The van der Waals surface area contributed by atoms with Gasteiger partial charge in [-0.15, -0.1) is 0 Å². The number of benzene rings is 1.